The summed E-state index contributed by atoms with van der Waals surface area (Å²) in [5.41, 5.74) is 1.65. The first-order valence-corrected chi connectivity index (χ1v) is 9.91. The molecule has 154 valence electrons. The minimum Gasteiger partial charge on any atom is -0.408 e. The highest BCUT2D eigenvalue weighted by atomic mass is 16.4. The zero-order chi connectivity index (χ0) is 21.1. The zero-order valence-corrected chi connectivity index (χ0v) is 16.6. The van der Waals surface area contributed by atoms with Crippen molar-refractivity contribution in [3.8, 4) is 0 Å². The number of rotatable bonds is 7. The van der Waals surface area contributed by atoms with E-state index in [0.29, 0.717) is 41.8 Å². The van der Waals surface area contributed by atoms with Crippen LogP contribution in [0.25, 0.3) is 22.0 Å². The summed E-state index contributed by atoms with van der Waals surface area (Å²) in [6, 6.07) is 14.3. The lowest BCUT2D eigenvalue weighted by Crippen LogP contribution is -2.32. The molecule has 0 saturated heterocycles. The van der Waals surface area contributed by atoms with E-state index in [9.17, 15) is 14.4 Å². The third kappa shape index (κ3) is 3.89. The van der Waals surface area contributed by atoms with Gasteiger partial charge in [-0.15, -0.1) is 0 Å². The van der Waals surface area contributed by atoms with E-state index >= 15 is 0 Å². The van der Waals surface area contributed by atoms with Gasteiger partial charge in [-0.25, -0.2) is 9.78 Å². The fourth-order valence-corrected chi connectivity index (χ4v) is 3.54. The molecule has 0 spiro atoms. The number of fused-ring (bicyclic) bond motifs is 2. The van der Waals surface area contributed by atoms with Crippen LogP contribution in [0.1, 0.15) is 25.6 Å². The monoisotopic (exact) mass is 406 g/mol. The van der Waals surface area contributed by atoms with E-state index < -0.39 is 5.76 Å². The van der Waals surface area contributed by atoms with E-state index in [0.717, 1.165) is 5.52 Å². The summed E-state index contributed by atoms with van der Waals surface area (Å²) in [7, 11) is 0. The van der Waals surface area contributed by atoms with Crippen LogP contribution < -0.4 is 11.3 Å². The van der Waals surface area contributed by atoms with Gasteiger partial charge in [0.15, 0.2) is 5.58 Å². The number of hydrogen-bond donors (Lipinski definition) is 1. The average Bonchev–Trinajstić information content (AvgIpc) is 3.07. The van der Waals surface area contributed by atoms with Crippen LogP contribution in [0.2, 0.25) is 0 Å². The van der Waals surface area contributed by atoms with E-state index in [-0.39, 0.29) is 24.4 Å². The number of nitrogens with one attached hydrogen (secondary N) is 1. The molecule has 0 atom stereocenters. The van der Waals surface area contributed by atoms with Crippen LogP contribution >= 0.6 is 0 Å². The molecular formula is C22H22N4O4. The standard InChI is InChI=1S/C22H22N4O4/c1-2-25(14-19-23-16-9-4-3-8-15(16)21(28)24-19)20(27)12-7-13-26-17-10-5-6-11-18(17)30-22(26)29/h3-6,8-11H,2,7,12-14H2,1H3,(H,23,24,28). The smallest absolute Gasteiger partial charge is 0.408 e. The number of aromatic amines is 1. The minimum absolute atomic E-state index is 0.0610. The number of amides is 1. The predicted molar refractivity (Wildman–Crippen MR) is 113 cm³/mol. The van der Waals surface area contributed by atoms with Crippen molar-refractivity contribution >= 4 is 27.9 Å². The molecule has 30 heavy (non-hydrogen) atoms. The van der Waals surface area contributed by atoms with Crippen molar-refractivity contribution in [2.24, 2.45) is 0 Å². The van der Waals surface area contributed by atoms with E-state index in [1.165, 1.54) is 0 Å². The lowest BCUT2D eigenvalue weighted by atomic mass is 10.2. The number of para-hydroxylation sites is 3. The molecule has 0 saturated carbocycles. The SMILES string of the molecule is CCN(Cc1nc2ccccc2c(=O)[nH]1)C(=O)CCCn1c(=O)oc2ccccc21. The summed E-state index contributed by atoms with van der Waals surface area (Å²) in [6.07, 6.45) is 0.776. The fraction of sp³-hybridized carbons (Fsp3) is 0.273. The highest BCUT2D eigenvalue weighted by Gasteiger charge is 2.15. The molecule has 0 aliphatic carbocycles. The molecule has 4 aromatic rings. The van der Waals surface area contributed by atoms with Crippen LogP contribution in [0.15, 0.2) is 62.5 Å². The maximum Gasteiger partial charge on any atom is 0.419 e. The average molecular weight is 406 g/mol. The maximum absolute atomic E-state index is 12.7. The Kier molecular flexibility index (Phi) is 5.47. The summed E-state index contributed by atoms with van der Waals surface area (Å²) >= 11 is 0. The molecule has 4 rings (SSSR count). The Morgan fingerprint density at radius 2 is 1.90 bits per heavy atom. The van der Waals surface area contributed by atoms with Gasteiger partial charge in [0.1, 0.15) is 5.82 Å². The van der Waals surface area contributed by atoms with Gasteiger partial charge in [-0.2, -0.15) is 0 Å². The maximum atomic E-state index is 12.7. The largest absolute Gasteiger partial charge is 0.419 e. The molecule has 0 radical (unpaired) electrons. The molecule has 0 aliphatic heterocycles. The number of nitrogens with zero attached hydrogens (tertiary/aromatic N) is 3. The van der Waals surface area contributed by atoms with Crippen LogP contribution in [0.3, 0.4) is 0 Å². The van der Waals surface area contributed by atoms with Crippen molar-refractivity contribution in [2.75, 3.05) is 6.54 Å². The Morgan fingerprint density at radius 1 is 1.13 bits per heavy atom. The first-order valence-electron chi connectivity index (χ1n) is 9.91. The Morgan fingerprint density at radius 3 is 2.73 bits per heavy atom. The third-order valence-electron chi connectivity index (χ3n) is 5.08. The number of hydrogen-bond acceptors (Lipinski definition) is 5. The van der Waals surface area contributed by atoms with E-state index in [1.807, 2.05) is 31.2 Å². The highest BCUT2D eigenvalue weighted by molar-refractivity contribution is 5.78. The highest BCUT2D eigenvalue weighted by Crippen LogP contribution is 2.13. The lowest BCUT2D eigenvalue weighted by molar-refractivity contribution is -0.131. The summed E-state index contributed by atoms with van der Waals surface area (Å²) in [5.74, 6) is -0.0333. The van der Waals surface area contributed by atoms with Crippen molar-refractivity contribution in [1.82, 2.24) is 19.4 Å². The van der Waals surface area contributed by atoms with Crippen LogP contribution in [-0.4, -0.2) is 31.9 Å². The molecule has 2 heterocycles. The van der Waals surface area contributed by atoms with Crippen LogP contribution in [0.5, 0.6) is 0 Å². The normalized spacial score (nSPS) is 11.2. The molecule has 0 unspecified atom stereocenters. The number of carbonyl (C=O) groups is 1. The molecule has 0 aliphatic rings. The number of H-pyrrole nitrogens is 1. The summed E-state index contributed by atoms with van der Waals surface area (Å²) in [4.78, 5) is 45.8. The summed E-state index contributed by atoms with van der Waals surface area (Å²) in [5, 5.41) is 0.522. The van der Waals surface area contributed by atoms with Crippen molar-refractivity contribution in [1.29, 1.82) is 0 Å². The number of benzene rings is 2. The molecule has 0 bridgehead atoms. The molecule has 0 fully saturated rings. The summed E-state index contributed by atoms with van der Waals surface area (Å²) in [6.45, 7) is 2.99. The number of oxazole rings is 1. The third-order valence-corrected chi connectivity index (χ3v) is 5.08. The Balaban J connectivity index is 1.42. The molecule has 8 nitrogen and oxygen atoms in total. The van der Waals surface area contributed by atoms with E-state index in [2.05, 4.69) is 9.97 Å². The molecule has 1 N–H and O–H groups in total. The molecule has 2 aromatic heterocycles. The summed E-state index contributed by atoms with van der Waals surface area (Å²) < 4.78 is 6.76. The molecule has 2 aromatic carbocycles. The van der Waals surface area contributed by atoms with Gasteiger partial charge < -0.3 is 14.3 Å². The van der Waals surface area contributed by atoms with Gasteiger partial charge in [0.25, 0.3) is 5.56 Å². The van der Waals surface area contributed by atoms with Gasteiger partial charge in [-0.05, 0) is 37.6 Å². The molecular weight excluding hydrogens is 384 g/mol. The number of carbonyl (C=O) groups excluding carboxylic acids is 1. The van der Waals surface area contributed by atoms with Gasteiger partial charge in [0, 0.05) is 19.5 Å². The van der Waals surface area contributed by atoms with Gasteiger partial charge >= 0.3 is 5.76 Å². The molecule has 1 amide bonds. The minimum atomic E-state index is -0.422. The topological polar surface area (TPSA) is 101 Å². The van der Waals surface area contributed by atoms with E-state index in [1.54, 1.807) is 33.7 Å². The Bertz CT molecular complexity index is 1320. The van der Waals surface area contributed by atoms with Gasteiger partial charge in [-0.3, -0.25) is 14.2 Å². The van der Waals surface area contributed by atoms with Crippen LogP contribution in [0.4, 0.5) is 0 Å². The Hall–Kier alpha value is -3.68. The van der Waals surface area contributed by atoms with Crippen molar-refractivity contribution in [3.05, 3.63) is 75.3 Å². The van der Waals surface area contributed by atoms with Gasteiger partial charge in [0.2, 0.25) is 5.91 Å². The number of aryl methyl sites for hydroxylation is 1. The Labute approximate surface area is 171 Å². The van der Waals surface area contributed by atoms with Crippen molar-refractivity contribution < 1.29 is 9.21 Å². The predicted octanol–water partition coefficient (Wildman–Crippen LogP) is 2.66. The second-order valence-corrected chi connectivity index (χ2v) is 7.03. The van der Waals surface area contributed by atoms with E-state index in [4.69, 9.17) is 4.42 Å². The quantitative estimate of drug-likeness (QED) is 0.508. The van der Waals surface area contributed by atoms with Gasteiger partial charge in [-0.1, -0.05) is 24.3 Å². The number of aromatic nitrogens is 3. The second kappa shape index (κ2) is 8.36. The molecule has 8 heteroatoms. The van der Waals surface area contributed by atoms with Crippen molar-refractivity contribution in [2.45, 2.75) is 32.9 Å². The first kappa shape index (κ1) is 19.6. The van der Waals surface area contributed by atoms with Crippen LogP contribution in [0, 0.1) is 0 Å². The lowest BCUT2D eigenvalue weighted by Gasteiger charge is -2.20. The van der Waals surface area contributed by atoms with Crippen molar-refractivity contribution in [3.63, 3.8) is 0 Å². The first-order chi connectivity index (χ1) is 14.6. The second-order valence-electron chi connectivity index (χ2n) is 7.03. The fourth-order valence-electron chi connectivity index (χ4n) is 3.54. The zero-order valence-electron chi connectivity index (χ0n) is 16.6. The van der Waals surface area contributed by atoms with Gasteiger partial charge in [0.05, 0.1) is 23.0 Å². The van der Waals surface area contributed by atoms with Crippen LogP contribution in [-0.2, 0) is 17.9 Å².